The number of benzene rings is 1. The van der Waals surface area contributed by atoms with E-state index in [1.54, 1.807) is 36.4 Å². The molecule has 1 heterocycles. The molecule has 2 rings (SSSR count). The summed E-state index contributed by atoms with van der Waals surface area (Å²) >= 11 is 0. The molecule has 0 aliphatic rings. The quantitative estimate of drug-likeness (QED) is 0.275. The van der Waals surface area contributed by atoms with E-state index < -0.39 is 0 Å². The number of anilines is 1. The number of furan rings is 1. The summed E-state index contributed by atoms with van der Waals surface area (Å²) in [5.74, 6) is 0.204. The van der Waals surface area contributed by atoms with Gasteiger partial charge in [0.25, 0.3) is 0 Å². The van der Waals surface area contributed by atoms with Crippen molar-refractivity contribution in [3.63, 3.8) is 0 Å². The van der Waals surface area contributed by atoms with Gasteiger partial charge in [0.1, 0.15) is 5.84 Å². The summed E-state index contributed by atoms with van der Waals surface area (Å²) in [7, 11) is 0. The zero-order chi connectivity index (χ0) is 14.4. The second kappa shape index (κ2) is 6.42. The Hall–Kier alpha value is -2.76. The Morgan fingerprint density at radius 2 is 1.90 bits per heavy atom. The SMILES string of the molecule is N=NN(C(=N)CCC(=O)c1ccco1)c1ccccc1. The third-order valence-corrected chi connectivity index (χ3v) is 2.74. The first-order valence-corrected chi connectivity index (χ1v) is 6.09. The molecule has 2 aromatic rings. The van der Waals surface area contributed by atoms with Crippen LogP contribution >= 0.6 is 0 Å². The molecule has 0 saturated carbocycles. The third-order valence-electron chi connectivity index (χ3n) is 2.74. The lowest BCUT2D eigenvalue weighted by atomic mass is 10.1. The fourth-order valence-electron chi connectivity index (χ4n) is 1.74. The van der Waals surface area contributed by atoms with E-state index in [0.717, 1.165) is 0 Å². The molecule has 1 aromatic heterocycles. The molecular formula is C14H14N4O2. The van der Waals surface area contributed by atoms with E-state index in [4.69, 9.17) is 15.4 Å². The van der Waals surface area contributed by atoms with Crippen molar-refractivity contribution in [2.45, 2.75) is 12.8 Å². The minimum absolute atomic E-state index is 0.0890. The Kier molecular flexibility index (Phi) is 4.39. The van der Waals surface area contributed by atoms with Gasteiger partial charge in [0.05, 0.1) is 12.0 Å². The van der Waals surface area contributed by atoms with Gasteiger partial charge in [-0.25, -0.2) is 5.01 Å². The monoisotopic (exact) mass is 270 g/mol. The molecule has 0 radical (unpaired) electrons. The predicted molar refractivity (Wildman–Crippen MR) is 74.1 cm³/mol. The molecular weight excluding hydrogens is 256 g/mol. The maximum Gasteiger partial charge on any atom is 0.198 e. The molecule has 6 nitrogen and oxygen atoms in total. The minimum atomic E-state index is -0.169. The van der Waals surface area contributed by atoms with E-state index >= 15 is 0 Å². The number of para-hydroxylation sites is 1. The number of hydrogen-bond acceptors (Lipinski definition) is 5. The van der Waals surface area contributed by atoms with Crippen molar-refractivity contribution >= 4 is 17.3 Å². The molecule has 0 aliphatic heterocycles. The van der Waals surface area contributed by atoms with Crippen LogP contribution in [0, 0.1) is 10.9 Å². The van der Waals surface area contributed by atoms with Gasteiger partial charge < -0.3 is 4.42 Å². The summed E-state index contributed by atoms with van der Waals surface area (Å²) in [6.07, 6.45) is 1.77. The molecule has 0 aliphatic carbocycles. The zero-order valence-electron chi connectivity index (χ0n) is 10.7. The zero-order valence-corrected chi connectivity index (χ0v) is 10.7. The molecule has 102 valence electrons. The summed E-state index contributed by atoms with van der Waals surface area (Å²) < 4.78 is 5.00. The van der Waals surface area contributed by atoms with Gasteiger partial charge in [0, 0.05) is 12.8 Å². The Labute approximate surface area is 116 Å². The lowest BCUT2D eigenvalue weighted by Crippen LogP contribution is -2.24. The average molecular weight is 270 g/mol. The summed E-state index contributed by atoms with van der Waals surface area (Å²) in [5, 5.41) is 12.4. The van der Waals surface area contributed by atoms with Gasteiger partial charge in [-0.15, -0.1) is 0 Å². The summed E-state index contributed by atoms with van der Waals surface area (Å²) in [4.78, 5) is 11.8. The number of hydrogen-bond donors (Lipinski definition) is 2. The van der Waals surface area contributed by atoms with E-state index in [2.05, 4.69) is 5.22 Å². The Morgan fingerprint density at radius 1 is 1.15 bits per heavy atom. The Balaban J connectivity index is 1.97. The lowest BCUT2D eigenvalue weighted by Gasteiger charge is -2.17. The minimum Gasteiger partial charge on any atom is -0.461 e. The topological polar surface area (TPSA) is 93.5 Å². The maximum absolute atomic E-state index is 11.8. The summed E-state index contributed by atoms with van der Waals surface area (Å²) in [5.41, 5.74) is 7.78. The number of carbonyl (C=O) groups is 1. The molecule has 0 unspecified atom stereocenters. The smallest absolute Gasteiger partial charge is 0.198 e. The number of carbonyl (C=O) groups excluding carboxylic acids is 1. The average Bonchev–Trinajstić information content (AvgIpc) is 3.01. The van der Waals surface area contributed by atoms with Crippen LogP contribution in [-0.2, 0) is 0 Å². The van der Waals surface area contributed by atoms with Gasteiger partial charge >= 0.3 is 0 Å². The van der Waals surface area contributed by atoms with Crippen LogP contribution in [0.5, 0.6) is 0 Å². The van der Waals surface area contributed by atoms with Crippen LogP contribution in [0.1, 0.15) is 23.4 Å². The molecule has 0 bridgehead atoms. The first kappa shape index (κ1) is 13.7. The first-order valence-electron chi connectivity index (χ1n) is 6.09. The van der Waals surface area contributed by atoms with Crippen molar-refractivity contribution in [2.75, 3.05) is 5.01 Å². The van der Waals surface area contributed by atoms with Crippen molar-refractivity contribution < 1.29 is 9.21 Å². The Bertz CT molecular complexity index is 593. The van der Waals surface area contributed by atoms with E-state index in [9.17, 15) is 4.79 Å². The number of ketones is 1. The largest absolute Gasteiger partial charge is 0.461 e. The van der Waals surface area contributed by atoms with Gasteiger partial charge in [-0.1, -0.05) is 23.4 Å². The molecule has 0 fully saturated rings. The fourth-order valence-corrected chi connectivity index (χ4v) is 1.74. The molecule has 2 N–H and O–H groups in total. The van der Waals surface area contributed by atoms with Gasteiger partial charge in [0.2, 0.25) is 0 Å². The van der Waals surface area contributed by atoms with Crippen LogP contribution in [-0.4, -0.2) is 11.6 Å². The van der Waals surface area contributed by atoms with Crippen LogP contribution in [0.25, 0.3) is 0 Å². The highest BCUT2D eigenvalue weighted by Gasteiger charge is 2.15. The number of nitrogens with one attached hydrogen (secondary N) is 2. The molecule has 1 aromatic carbocycles. The first-order chi connectivity index (χ1) is 9.72. The fraction of sp³-hybridized carbons (Fsp3) is 0.143. The van der Waals surface area contributed by atoms with E-state index in [-0.39, 0.29) is 30.2 Å². The van der Waals surface area contributed by atoms with E-state index in [1.165, 1.54) is 11.3 Å². The molecule has 20 heavy (non-hydrogen) atoms. The predicted octanol–water partition coefficient (Wildman–Crippen LogP) is 3.67. The number of amidine groups is 1. The van der Waals surface area contributed by atoms with Crippen LogP contribution in [0.3, 0.4) is 0 Å². The van der Waals surface area contributed by atoms with Gasteiger partial charge in [-0.2, -0.15) is 5.53 Å². The maximum atomic E-state index is 11.8. The van der Waals surface area contributed by atoms with Crippen LogP contribution in [0.4, 0.5) is 5.69 Å². The third kappa shape index (κ3) is 3.17. The van der Waals surface area contributed by atoms with Crippen LogP contribution < -0.4 is 5.01 Å². The van der Waals surface area contributed by atoms with E-state index in [1.807, 2.05) is 6.07 Å². The van der Waals surface area contributed by atoms with Gasteiger partial charge in [-0.05, 0) is 24.3 Å². The Morgan fingerprint density at radius 3 is 2.50 bits per heavy atom. The highest BCUT2D eigenvalue weighted by molar-refractivity contribution is 6.00. The number of nitrogens with zero attached hydrogens (tertiary/aromatic N) is 2. The standard InChI is InChI=1S/C14H14N4O2/c15-14(9-8-12(19)13-7-4-10-20-13)18(17-16)11-5-2-1-3-6-11/h1-7,10,15-16H,8-9H2. The second-order valence-electron chi connectivity index (χ2n) is 4.09. The molecule has 0 atom stereocenters. The van der Waals surface area contributed by atoms with E-state index in [0.29, 0.717) is 5.69 Å². The van der Waals surface area contributed by atoms with Crippen LogP contribution in [0.15, 0.2) is 58.4 Å². The molecule has 6 heteroatoms. The van der Waals surface area contributed by atoms with Crippen molar-refractivity contribution in [1.29, 1.82) is 10.9 Å². The highest BCUT2D eigenvalue weighted by Crippen LogP contribution is 2.16. The summed E-state index contributed by atoms with van der Waals surface area (Å²) in [6, 6.07) is 12.2. The number of Topliss-reactive ketones (excluding diaryl/α,β-unsaturated/α-hetero) is 1. The van der Waals surface area contributed by atoms with Crippen molar-refractivity contribution in [3.8, 4) is 0 Å². The highest BCUT2D eigenvalue weighted by atomic mass is 16.3. The van der Waals surface area contributed by atoms with Gasteiger partial charge in [-0.3, -0.25) is 10.2 Å². The van der Waals surface area contributed by atoms with Crippen molar-refractivity contribution in [3.05, 3.63) is 54.5 Å². The number of rotatable bonds is 6. The molecule has 0 spiro atoms. The van der Waals surface area contributed by atoms with Crippen molar-refractivity contribution in [2.24, 2.45) is 5.22 Å². The van der Waals surface area contributed by atoms with Crippen LogP contribution in [0.2, 0.25) is 0 Å². The second-order valence-corrected chi connectivity index (χ2v) is 4.09. The summed E-state index contributed by atoms with van der Waals surface area (Å²) in [6.45, 7) is 0. The molecule has 0 amide bonds. The lowest BCUT2D eigenvalue weighted by molar-refractivity contribution is 0.0958. The van der Waals surface area contributed by atoms with Gasteiger partial charge in [0.15, 0.2) is 11.5 Å². The normalized spacial score (nSPS) is 10.0. The molecule has 0 saturated heterocycles. The van der Waals surface area contributed by atoms with Crippen molar-refractivity contribution in [1.82, 2.24) is 0 Å².